The van der Waals surface area contributed by atoms with Crippen LogP contribution in [-0.4, -0.2) is 34.1 Å². The van der Waals surface area contributed by atoms with E-state index in [1.807, 2.05) is 24.3 Å². The number of aromatic nitrogens is 3. The highest BCUT2D eigenvalue weighted by Crippen LogP contribution is 2.26. The Kier molecular flexibility index (Phi) is 6.95. The molecule has 7 heteroatoms. The lowest BCUT2D eigenvalue weighted by Crippen LogP contribution is -2.08. The van der Waals surface area contributed by atoms with Crippen molar-refractivity contribution < 1.29 is 9.53 Å². The molecule has 1 aromatic carbocycles. The highest BCUT2D eigenvalue weighted by Gasteiger charge is 2.09. The van der Waals surface area contributed by atoms with Gasteiger partial charge in [0.15, 0.2) is 0 Å². The zero-order chi connectivity index (χ0) is 21.5. The Balaban J connectivity index is 1.58. The Bertz CT molecular complexity index is 1020. The van der Waals surface area contributed by atoms with Crippen molar-refractivity contribution >= 4 is 17.7 Å². The van der Waals surface area contributed by atoms with Crippen molar-refractivity contribution in [3.63, 3.8) is 0 Å². The third kappa shape index (κ3) is 5.31. The van der Waals surface area contributed by atoms with Crippen molar-refractivity contribution in [1.29, 1.82) is 0 Å². The molecular formula is C23H27N5O2. The largest absolute Gasteiger partial charge is 0.462 e. The number of nitrogens with one attached hydrogen (secondary N) is 1. The summed E-state index contributed by atoms with van der Waals surface area (Å²) in [6, 6.07) is 11.7. The van der Waals surface area contributed by atoms with Crippen LogP contribution in [-0.2, 0) is 11.2 Å². The lowest BCUT2D eigenvalue weighted by atomic mass is 10.0. The number of hydrogen-bond donors (Lipinski definition) is 2. The Labute approximate surface area is 176 Å². The van der Waals surface area contributed by atoms with Crippen molar-refractivity contribution in [3.8, 4) is 11.3 Å². The van der Waals surface area contributed by atoms with Gasteiger partial charge in [-0.25, -0.2) is 9.78 Å². The highest BCUT2D eigenvalue weighted by atomic mass is 16.5. The summed E-state index contributed by atoms with van der Waals surface area (Å²) in [6.07, 6.45) is 3.19. The molecule has 0 saturated heterocycles. The van der Waals surface area contributed by atoms with Gasteiger partial charge in [0.1, 0.15) is 5.82 Å². The van der Waals surface area contributed by atoms with Crippen LogP contribution in [0, 0.1) is 13.8 Å². The van der Waals surface area contributed by atoms with Crippen molar-refractivity contribution in [2.24, 2.45) is 0 Å². The number of benzene rings is 1. The summed E-state index contributed by atoms with van der Waals surface area (Å²) in [5.41, 5.74) is 11.6. The van der Waals surface area contributed by atoms with Gasteiger partial charge in [-0.05, 0) is 56.9 Å². The Morgan fingerprint density at radius 3 is 2.73 bits per heavy atom. The van der Waals surface area contributed by atoms with Crippen LogP contribution in [0.15, 0.2) is 42.6 Å². The summed E-state index contributed by atoms with van der Waals surface area (Å²) in [4.78, 5) is 24.7. The molecule has 0 bridgehead atoms. The van der Waals surface area contributed by atoms with Crippen LogP contribution in [0.4, 0.5) is 11.8 Å². The number of aryl methyl sites for hydroxylation is 2. The zero-order valence-corrected chi connectivity index (χ0v) is 17.6. The smallest absolute Gasteiger partial charge is 0.339 e. The highest BCUT2D eigenvalue weighted by molar-refractivity contribution is 5.88. The van der Waals surface area contributed by atoms with Crippen LogP contribution in [0.2, 0.25) is 0 Å². The molecule has 0 aliphatic rings. The molecule has 2 heterocycles. The Morgan fingerprint density at radius 1 is 1.17 bits per heavy atom. The van der Waals surface area contributed by atoms with Crippen LogP contribution >= 0.6 is 0 Å². The van der Waals surface area contributed by atoms with Gasteiger partial charge in [-0.1, -0.05) is 18.2 Å². The molecule has 0 fully saturated rings. The predicted molar refractivity (Wildman–Crippen MR) is 118 cm³/mol. The lowest BCUT2D eigenvalue weighted by molar-refractivity contribution is 0.0526. The van der Waals surface area contributed by atoms with E-state index in [0.29, 0.717) is 24.5 Å². The Morgan fingerprint density at radius 2 is 2.00 bits per heavy atom. The first-order chi connectivity index (χ1) is 14.5. The monoisotopic (exact) mass is 405 g/mol. The molecule has 0 saturated carbocycles. The van der Waals surface area contributed by atoms with Crippen molar-refractivity contribution in [3.05, 3.63) is 65.0 Å². The first kappa shape index (κ1) is 21.2. The Hall–Kier alpha value is -3.48. The number of esters is 1. The predicted octanol–water partition coefficient (Wildman–Crippen LogP) is 3.96. The van der Waals surface area contributed by atoms with E-state index >= 15 is 0 Å². The summed E-state index contributed by atoms with van der Waals surface area (Å²) in [7, 11) is 0. The maximum absolute atomic E-state index is 11.7. The first-order valence-corrected chi connectivity index (χ1v) is 10.0. The van der Waals surface area contributed by atoms with E-state index in [1.54, 1.807) is 19.2 Å². The van der Waals surface area contributed by atoms with E-state index in [2.05, 4.69) is 40.2 Å². The standard InChI is InChI=1S/C23H27N5O2/c1-4-30-22(29)17-10-11-18(26-14-17)8-6-12-25-21-13-20(27-23(24)28-21)19-9-5-7-15(2)16(19)3/h5,7,9-11,13-14H,4,6,8,12H2,1-3H3,(H3,24,25,27,28). The van der Waals surface area contributed by atoms with Gasteiger partial charge in [0, 0.05) is 30.1 Å². The summed E-state index contributed by atoms with van der Waals surface area (Å²) >= 11 is 0. The van der Waals surface area contributed by atoms with Crippen LogP contribution in [0.25, 0.3) is 11.3 Å². The molecule has 0 aliphatic carbocycles. The van der Waals surface area contributed by atoms with Gasteiger partial charge < -0.3 is 15.8 Å². The third-order valence-corrected chi connectivity index (χ3v) is 4.88. The van der Waals surface area contributed by atoms with Crippen molar-refractivity contribution in [1.82, 2.24) is 15.0 Å². The number of carbonyl (C=O) groups excluding carboxylic acids is 1. The molecule has 2 aromatic heterocycles. The van der Waals surface area contributed by atoms with Crippen molar-refractivity contribution in [2.75, 3.05) is 24.2 Å². The molecule has 0 atom stereocenters. The van der Waals surface area contributed by atoms with Crippen LogP contribution in [0.1, 0.15) is 40.5 Å². The van der Waals surface area contributed by atoms with Crippen LogP contribution in [0.5, 0.6) is 0 Å². The lowest BCUT2D eigenvalue weighted by Gasteiger charge is -2.11. The second-order valence-corrected chi connectivity index (χ2v) is 7.03. The number of hydrogen-bond acceptors (Lipinski definition) is 7. The minimum absolute atomic E-state index is 0.243. The van der Waals surface area contributed by atoms with Gasteiger partial charge in [0.25, 0.3) is 0 Å². The van der Waals surface area contributed by atoms with Crippen LogP contribution in [0.3, 0.4) is 0 Å². The van der Waals surface area contributed by atoms with E-state index in [1.165, 1.54) is 11.1 Å². The maximum atomic E-state index is 11.7. The van der Waals surface area contributed by atoms with E-state index in [9.17, 15) is 4.79 Å². The number of nitrogens with zero attached hydrogens (tertiary/aromatic N) is 3. The topological polar surface area (TPSA) is 103 Å². The minimum Gasteiger partial charge on any atom is -0.462 e. The SMILES string of the molecule is CCOC(=O)c1ccc(CCCNc2cc(-c3cccc(C)c3C)nc(N)n2)nc1. The van der Waals surface area contributed by atoms with E-state index in [0.717, 1.165) is 29.8 Å². The second kappa shape index (κ2) is 9.82. The molecule has 0 amide bonds. The molecule has 156 valence electrons. The van der Waals surface area contributed by atoms with Crippen molar-refractivity contribution in [2.45, 2.75) is 33.6 Å². The van der Waals surface area contributed by atoms with E-state index in [4.69, 9.17) is 10.5 Å². The van der Waals surface area contributed by atoms with Crippen LogP contribution < -0.4 is 11.1 Å². The minimum atomic E-state index is -0.348. The number of carbonyl (C=O) groups is 1. The normalized spacial score (nSPS) is 10.6. The van der Waals surface area contributed by atoms with E-state index in [-0.39, 0.29) is 11.9 Å². The molecule has 0 spiro atoms. The fourth-order valence-corrected chi connectivity index (χ4v) is 3.12. The summed E-state index contributed by atoms with van der Waals surface area (Å²) in [5, 5.41) is 3.31. The zero-order valence-electron chi connectivity index (χ0n) is 17.6. The molecule has 7 nitrogen and oxygen atoms in total. The number of nitrogen functional groups attached to an aromatic ring is 1. The maximum Gasteiger partial charge on any atom is 0.339 e. The molecule has 3 N–H and O–H groups in total. The molecule has 0 aliphatic heterocycles. The van der Waals surface area contributed by atoms with Gasteiger partial charge in [-0.3, -0.25) is 4.98 Å². The number of ether oxygens (including phenoxy) is 1. The van der Waals surface area contributed by atoms with Gasteiger partial charge in [0.05, 0.1) is 17.9 Å². The number of anilines is 2. The summed E-state index contributed by atoms with van der Waals surface area (Å²) in [5.74, 6) is 0.593. The molecule has 3 rings (SSSR count). The summed E-state index contributed by atoms with van der Waals surface area (Å²) < 4.78 is 4.97. The molecule has 3 aromatic rings. The van der Waals surface area contributed by atoms with Gasteiger partial charge in [-0.15, -0.1) is 0 Å². The average Bonchev–Trinajstić information content (AvgIpc) is 2.73. The summed E-state index contributed by atoms with van der Waals surface area (Å²) in [6.45, 7) is 7.00. The van der Waals surface area contributed by atoms with Gasteiger partial charge >= 0.3 is 5.97 Å². The third-order valence-electron chi connectivity index (χ3n) is 4.88. The molecule has 30 heavy (non-hydrogen) atoms. The fraction of sp³-hybridized carbons (Fsp3) is 0.304. The number of nitrogens with two attached hydrogens (primary N) is 1. The fourth-order valence-electron chi connectivity index (χ4n) is 3.12. The molecule has 0 unspecified atom stereocenters. The van der Waals surface area contributed by atoms with E-state index < -0.39 is 0 Å². The van der Waals surface area contributed by atoms with Gasteiger partial charge in [-0.2, -0.15) is 4.98 Å². The molecular weight excluding hydrogens is 378 g/mol. The quantitative estimate of drug-likeness (QED) is 0.432. The second-order valence-electron chi connectivity index (χ2n) is 7.03. The molecule has 0 radical (unpaired) electrons. The number of rotatable bonds is 8. The number of pyridine rings is 1. The average molecular weight is 406 g/mol. The first-order valence-electron chi connectivity index (χ1n) is 10.0. The van der Waals surface area contributed by atoms with Gasteiger partial charge in [0.2, 0.25) is 5.95 Å².